The SMILES string of the molecule is CC[C@H](C)NC(=O)CN1CCN(C(=O)OC(C)(C)C)C[C@@H]1c1nccn1C. The van der Waals surface area contributed by atoms with Crippen molar-refractivity contribution in [2.75, 3.05) is 26.2 Å². The Morgan fingerprint density at radius 1 is 1.37 bits per heavy atom. The maximum Gasteiger partial charge on any atom is 0.410 e. The fourth-order valence-electron chi connectivity index (χ4n) is 3.05. The van der Waals surface area contributed by atoms with Crippen molar-refractivity contribution in [3.8, 4) is 0 Å². The van der Waals surface area contributed by atoms with E-state index in [9.17, 15) is 9.59 Å². The quantitative estimate of drug-likeness (QED) is 0.846. The first-order valence-corrected chi connectivity index (χ1v) is 9.59. The Morgan fingerprint density at radius 3 is 2.63 bits per heavy atom. The normalized spacial score (nSPS) is 19.6. The Hall–Kier alpha value is -2.09. The molecular formula is C19H33N5O3. The number of rotatable bonds is 5. The molecule has 0 unspecified atom stereocenters. The summed E-state index contributed by atoms with van der Waals surface area (Å²) >= 11 is 0. The third kappa shape index (κ3) is 5.95. The molecule has 1 aromatic heterocycles. The van der Waals surface area contributed by atoms with Crippen LogP contribution in [0.3, 0.4) is 0 Å². The molecule has 0 saturated carbocycles. The number of imidazole rings is 1. The number of amides is 2. The van der Waals surface area contributed by atoms with E-state index in [4.69, 9.17) is 4.74 Å². The minimum absolute atomic E-state index is 0.00530. The van der Waals surface area contributed by atoms with E-state index in [0.29, 0.717) is 19.6 Å². The summed E-state index contributed by atoms with van der Waals surface area (Å²) in [7, 11) is 1.92. The molecule has 2 atom stereocenters. The molecule has 1 aromatic rings. The van der Waals surface area contributed by atoms with Crippen LogP contribution in [0, 0.1) is 0 Å². The smallest absolute Gasteiger partial charge is 0.410 e. The number of aryl methyl sites for hydroxylation is 1. The van der Waals surface area contributed by atoms with Crippen LogP contribution in [0.5, 0.6) is 0 Å². The van der Waals surface area contributed by atoms with Crippen molar-refractivity contribution >= 4 is 12.0 Å². The van der Waals surface area contributed by atoms with Gasteiger partial charge in [0.2, 0.25) is 5.91 Å². The van der Waals surface area contributed by atoms with Gasteiger partial charge in [-0.25, -0.2) is 9.78 Å². The molecule has 27 heavy (non-hydrogen) atoms. The second-order valence-corrected chi connectivity index (χ2v) is 8.19. The van der Waals surface area contributed by atoms with Gasteiger partial charge in [-0.15, -0.1) is 0 Å². The molecule has 1 aliphatic rings. The molecule has 0 aromatic carbocycles. The van der Waals surface area contributed by atoms with E-state index in [0.717, 1.165) is 12.2 Å². The lowest BCUT2D eigenvalue weighted by atomic mass is 10.1. The number of carbonyl (C=O) groups excluding carboxylic acids is 2. The highest BCUT2D eigenvalue weighted by atomic mass is 16.6. The van der Waals surface area contributed by atoms with Crippen LogP contribution in [0.1, 0.15) is 52.9 Å². The van der Waals surface area contributed by atoms with Crippen LogP contribution in [-0.2, 0) is 16.6 Å². The summed E-state index contributed by atoms with van der Waals surface area (Å²) < 4.78 is 7.45. The van der Waals surface area contributed by atoms with Crippen LogP contribution in [0.25, 0.3) is 0 Å². The molecule has 152 valence electrons. The second kappa shape index (κ2) is 8.73. The molecule has 2 heterocycles. The standard InChI is InChI=1S/C19H33N5O3/c1-7-14(2)21-16(25)13-23-10-11-24(18(26)27-19(3,4)5)12-15(23)17-20-8-9-22(17)6/h8-9,14-15H,7,10-13H2,1-6H3,(H,21,25)/t14-,15+/m0/s1. The van der Waals surface area contributed by atoms with Crippen molar-refractivity contribution in [2.45, 2.75) is 58.7 Å². The molecule has 0 radical (unpaired) electrons. The molecule has 0 spiro atoms. The van der Waals surface area contributed by atoms with Crippen LogP contribution in [0.15, 0.2) is 12.4 Å². The maximum absolute atomic E-state index is 12.5. The third-order valence-corrected chi connectivity index (χ3v) is 4.67. The van der Waals surface area contributed by atoms with Crippen LogP contribution >= 0.6 is 0 Å². The van der Waals surface area contributed by atoms with E-state index in [-0.39, 0.29) is 30.6 Å². The molecule has 1 fully saturated rings. The predicted octanol–water partition coefficient (Wildman–Crippen LogP) is 1.93. The number of aromatic nitrogens is 2. The number of ether oxygens (including phenoxy) is 1. The zero-order chi connectivity index (χ0) is 20.2. The molecule has 0 bridgehead atoms. The summed E-state index contributed by atoms with van der Waals surface area (Å²) in [6, 6.07) is -0.0129. The van der Waals surface area contributed by atoms with Crippen LogP contribution in [0.2, 0.25) is 0 Å². The molecule has 2 amide bonds. The molecule has 8 nitrogen and oxygen atoms in total. The molecular weight excluding hydrogens is 346 g/mol. The second-order valence-electron chi connectivity index (χ2n) is 8.19. The first-order chi connectivity index (χ1) is 12.6. The molecule has 8 heteroatoms. The Kier molecular flexibility index (Phi) is 6.86. The highest BCUT2D eigenvalue weighted by Gasteiger charge is 2.35. The first kappa shape index (κ1) is 21.2. The van der Waals surface area contributed by atoms with Crippen molar-refractivity contribution in [1.82, 2.24) is 24.7 Å². The summed E-state index contributed by atoms with van der Waals surface area (Å²) in [5, 5.41) is 3.01. The van der Waals surface area contributed by atoms with Gasteiger partial charge in [0.1, 0.15) is 11.4 Å². The number of piperazine rings is 1. The van der Waals surface area contributed by atoms with E-state index in [1.54, 1.807) is 11.1 Å². The van der Waals surface area contributed by atoms with Crippen molar-refractivity contribution in [2.24, 2.45) is 7.05 Å². The van der Waals surface area contributed by atoms with Gasteiger partial charge in [-0.3, -0.25) is 9.69 Å². The summed E-state index contributed by atoms with van der Waals surface area (Å²) in [5.41, 5.74) is -0.539. The van der Waals surface area contributed by atoms with Crippen molar-refractivity contribution in [1.29, 1.82) is 0 Å². The first-order valence-electron chi connectivity index (χ1n) is 9.59. The van der Waals surface area contributed by atoms with E-state index >= 15 is 0 Å². The van der Waals surface area contributed by atoms with E-state index < -0.39 is 5.60 Å². The number of nitrogens with one attached hydrogen (secondary N) is 1. The molecule has 1 saturated heterocycles. The lowest BCUT2D eigenvalue weighted by Gasteiger charge is -2.41. The van der Waals surface area contributed by atoms with E-state index in [2.05, 4.69) is 15.2 Å². The maximum atomic E-state index is 12.5. The van der Waals surface area contributed by atoms with Crippen molar-refractivity contribution in [3.05, 3.63) is 18.2 Å². The van der Waals surface area contributed by atoms with Crippen molar-refractivity contribution in [3.63, 3.8) is 0 Å². The zero-order valence-corrected chi connectivity index (χ0v) is 17.4. The van der Waals surface area contributed by atoms with Gasteiger partial charge in [0.25, 0.3) is 0 Å². The zero-order valence-electron chi connectivity index (χ0n) is 17.4. The number of carbonyl (C=O) groups is 2. The number of hydrogen-bond donors (Lipinski definition) is 1. The van der Waals surface area contributed by atoms with Gasteiger partial charge in [0.05, 0.1) is 12.6 Å². The molecule has 0 aliphatic carbocycles. The highest BCUT2D eigenvalue weighted by Crippen LogP contribution is 2.25. The minimum atomic E-state index is -0.539. The van der Waals surface area contributed by atoms with Crippen molar-refractivity contribution < 1.29 is 14.3 Å². The highest BCUT2D eigenvalue weighted by molar-refractivity contribution is 5.78. The summed E-state index contributed by atoms with van der Waals surface area (Å²) in [6.45, 7) is 11.4. The number of hydrogen-bond acceptors (Lipinski definition) is 5. The lowest BCUT2D eigenvalue weighted by Crippen LogP contribution is -2.54. The van der Waals surface area contributed by atoms with Crippen LogP contribution in [0.4, 0.5) is 4.79 Å². The predicted molar refractivity (Wildman–Crippen MR) is 103 cm³/mol. The van der Waals surface area contributed by atoms with Gasteiger partial charge in [-0.05, 0) is 34.1 Å². The van der Waals surface area contributed by atoms with E-state index in [1.165, 1.54) is 0 Å². The lowest BCUT2D eigenvalue weighted by molar-refractivity contribution is -0.124. The minimum Gasteiger partial charge on any atom is -0.444 e. The van der Waals surface area contributed by atoms with Gasteiger partial charge < -0.3 is 19.5 Å². The van der Waals surface area contributed by atoms with Gasteiger partial charge in [0, 0.05) is 45.1 Å². The Labute approximate surface area is 161 Å². The third-order valence-electron chi connectivity index (χ3n) is 4.67. The summed E-state index contributed by atoms with van der Waals surface area (Å²) in [6.07, 6.45) is 4.17. The monoisotopic (exact) mass is 379 g/mol. The summed E-state index contributed by atoms with van der Waals surface area (Å²) in [4.78, 5) is 33.1. The average Bonchev–Trinajstić information content (AvgIpc) is 2.99. The largest absolute Gasteiger partial charge is 0.444 e. The van der Waals surface area contributed by atoms with E-state index in [1.807, 2.05) is 52.4 Å². The average molecular weight is 380 g/mol. The Balaban J connectivity index is 2.12. The molecule has 1 aliphatic heterocycles. The number of nitrogens with zero attached hydrogens (tertiary/aromatic N) is 4. The van der Waals surface area contributed by atoms with Gasteiger partial charge >= 0.3 is 6.09 Å². The molecule has 1 N–H and O–H groups in total. The fraction of sp³-hybridized carbons (Fsp3) is 0.737. The van der Waals surface area contributed by atoms with Gasteiger partial charge in [-0.1, -0.05) is 6.92 Å². The Morgan fingerprint density at radius 2 is 2.07 bits per heavy atom. The van der Waals surface area contributed by atoms with Crippen LogP contribution in [-0.4, -0.2) is 69.2 Å². The molecule has 2 rings (SSSR count). The summed E-state index contributed by atoms with van der Waals surface area (Å²) in [5.74, 6) is 0.828. The Bertz CT molecular complexity index is 652. The van der Waals surface area contributed by atoms with Gasteiger partial charge in [0.15, 0.2) is 0 Å². The topological polar surface area (TPSA) is 79.7 Å². The van der Waals surface area contributed by atoms with Crippen LogP contribution < -0.4 is 5.32 Å². The van der Waals surface area contributed by atoms with Gasteiger partial charge in [-0.2, -0.15) is 0 Å². The fourth-order valence-corrected chi connectivity index (χ4v) is 3.05.